The van der Waals surface area contributed by atoms with Gasteiger partial charge in [0, 0.05) is 12.7 Å². The number of hydrogen-bond donors (Lipinski definition) is 1. The highest BCUT2D eigenvalue weighted by Gasteiger charge is 2.06. The summed E-state index contributed by atoms with van der Waals surface area (Å²) in [7, 11) is 0. The second-order valence-electron chi connectivity index (χ2n) is 4.06. The van der Waals surface area contributed by atoms with Crippen molar-refractivity contribution in [1.29, 1.82) is 0 Å². The van der Waals surface area contributed by atoms with Crippen LogP contribution in [0.25, 0.3) is 0 Å². The number of nitrogens with two attached hydrogens (primary N) is 1. The Labute approximate surface area is 108 Å². The van der Waals surface area contributed by atoms with E-state index in [-0.39, 0.29) is 0 Å². The second kappa shape index (κ2) is 8.31. The SMILES string of the molecule is CCCCCCCOc1nccc(CN)c1Cl. The van der Waals surface area contributed by atoms with Gasteiger partial charge in [0.05, 0.1) is 6.61 Å². The molecule has 0 saturated carbocycles. The van der Waals surface area contributed by atoms with Crippen molar-refractivity contribution >= 4 is 11.6 Å². The fourth-order valence-electron chi connectivity index (χ4n) is 1.59. The minimum atomic E-state index is 0.411. The highest BCUT2D eigenvalue weighted by Crippen LogP contribution is 2.25. The molecule has 0 aliphatic heterocycles. The molecule has 0 aliphatic rings. The molecule has 0 amide bonds. The minimum Gasteiger partial charge on any atom is -0.477 e. The Morgan fingerprint density at radius 3 is 2.76 bits per heavy atom. The molecule has 4 heteroatoms. The van der Waals surface area contributed by atoms with E-state index in [1.165, 1.54) is 25.7 Å². The van der Waals surface area contributed by atoms with Crippen molar-refractivity contribution in [2.75, 3.05) is 6.61 Å². The highest BCUT2D eigenvalue weighted by molar-refractivity contribution is 6.32. The minimum absolute atomic E-state index is 0.411. The third-order valence-corrected chi connectivity index (χ3v) is 3.05. The van der Waals surface area contributed by atoms with Gasteiger partial charge < -0.3 is 10.5 Å². The largest absolute Gasteiger partial charge is 0.477 e. The van der Waals surface area contributed by atoms with Crippen molar-refractivity contribution in [2.24, 2.45) is 5.73 Å². The average Bonchev–Trinajstić information content (AvgIpc) is 2.35. The zero-order chi connectivity index (χ0) is 12.5. The molecule has 1 aromatic rings. The molecule has 0 spiro atoms. The Hall–Kier alpha value is -0.800. The average molecular weight is 257 g/mol. The van der Waals surface area contributed by atoms with Crippen molar-refractivity contribution in [2.45, 2.75) is 45.6 Å². The van der Waals surface area contributed by atoms with Gasteiger partial charge in [-0.15, -0.1) is 0 Å². The topological polar surface area (TPSA) is 48.1 Å². The zero-order valence-corrected chi connectivity index (χ0v) is 11.2. The molecule has 96 valence electrons. The lowest BCUT2D eigenvalue weighted by Crippen LogP contribution is -2.03. The van der Waals surface area contributed by atoms with Gasteiger partial charge in [-0.1, -0.05) is 44.2 Å². The summed E-state index contributed by atoms with van der Waals surface area (Å²) in [6.07, 6.45) is 7.74. The van der Waals surface area contributed by atoms with Crippen molar-refractivity contribution in [1.82, 2.24) is 4.98 Å². The van der Waals surface area contributed by atoms with E-state index in [0.717, 1.165) is 12.0 Å². The third-order valence-electron chi connectivity index (χ3n) is 2.64. The standard InChI is InChI=1S/C13H21ClN2O/c1-2-3-4-5-6-9-17-13-12(14)11(10-15)7-8-16-13/h7-8H,2-6,9-10,15H2,1H3. The summed E-state index contributed by atoms with van der Waals surface area (Å²) < 4.78 is 5.56. The summed E-state index contributed by atoms with van der Waals surface area (Å²) in [6, 6.07) is 1.82. The molecule has 17 heavy (non-hydrogen) atoms. The third kappa shape index (κ3) is 4.92. The van der Waals surface area contributed by atoms with Crippen LogP contribution in [0, 0.1) is 0 Å². The first-order valence-corrected chi connectivity index (χ1v) is 6.63. The number of nitrogens with zero attached hydrogens (tertiary/aromatic N) is 1. The number of halogens is 1. The van der Waals surface area contributed by atoms with Gasteiger partial charge in [-0.05, 0) is 18.1 Å². The lowest BCUT2D eigenvalue weighted by atomic mass is 10.2. The lowest BCUT2D eigenvalue weighted by molar-refractivity contribution is 0.293. The first-order valence-electron chi connectivity index (χ1n) is 6.25. The van der Waals surface area contributed by atoms with Crippen LogP contribution in [-0.2, 0) is 6.54 Å². The molecular weight excluding hydrogens is 236 g/mol. The molecular formula is C13H21ClN2O. The molecule has 0 fully saturated rings. The van der Waals surface area contributed by atoms with Crippen molar-refractivity contribution in [3.05, 3.63) is 22.8 Å². The fraction of sp³-hybridized carbons (Fsp3) is 0.615. The molecule has 0 aromatic carbocycles. The van der Waals surface area contributed by atoms with E-state index < -0.39 is 0 Å². The smallest absolute Gasteiger partial charge is 0.232 e. The zero-order valence-electron chi connectivity index (χ0n) is 10.4. The van der Waals surface area contributed by atoms with Gasteiger partial charge >= 0.3 is 0 Å². The summed E-state index contributed by atoms with van der Waals surface area (Å²) in [5, 5.41) is 0.545. The van der Waals surface area contributed by atoms with E-state index in [4.69, 9.17) is 22.1 Å². The second-order valence-corrected chi connectivity index (χ2v) is 4.43. The van der Waals surface area contributed by atoms with Gasteiger partial charge in [-0.25, -0.2) is 4.98 Å². The normalized spacial score (nSPS) is 10.5. The molecule has 1 aromatic heterocycles. The van der Waals surface area contributed by atoms with Crippen LogP contribution in [0.15, 0.2) is 12.3 Å². The van der Waals surface area contributed by atoms with E-state index in [2.05, 4.69) is 11.9 Å². The Bertz CT molecular complexity index is 331. The molecule has 1 heterocycles. The van der Waals surface area contributed by atoms with Gasteiger partial charge in [-0.2, -0.15) is 0 Å². The first-order chi connectivity index (χ1) is 8.29. The molecule has 0 aliphatic carbocycles. The van der Waals surface area contributed by atoms with E-state index in [9.17, 15) is 0 Å². The maximum absolute atomic E-state index is 6.10. The fourth-order valence-corrected chi connectivity index (χ4v) is 1.84. The quantitative estimate of drug-likeness (QED) is 0.724. The lowest BCUT2D eigenvalue weighted by Gasteiger charge is -2.08. The van der Waals surface area contributed by atoms with E-state index in [1.54, 1.807) is 6.20 Å². The summed E-state index contributed by atoms with van der Waals surface area (Å²) in [6.45, 7) is 3.29. The molecule has 3 nitrogen and oxygen atoms in total. The summed E-state index contributed by atoms with van der Waals surface area (Å²) in [4.78, 5) is 4.11. The highest BCUT2D eigenvalue weighted by atomic mass is 35.5. The van der Waals surface area contributed by atoms with Gasteiger partial charge in [0.2, 0.25) is 5.88 Å². The molecule has 0 radical (unpaired) electrons. The number of hydrogen-bond acceptors (Lipinski definition) is 3. The van der Waals surface area contributed by atoms with E-state index >= 15 is 0 Å². The van der Waals surface area contributed by atoms with Crippen molar-refractivity contribution < 1.29 is 4.74 Å². The Morgan fingerprint density at radius 2 is 2.06 bits per heavy atom. The molecule has 0 atom stereocenters. The Balaban J connectivity index is 2.31. The molecule has 0 unspecified atom stereocenters. The predicted molar refractivity (Wildman–Crippen MR) is 71.4 cm³/mol. The van der Waals surface area contributed by atoms with Crippen LogP contribution in [0.5, 0.6) is 5.88 Å². The summed E-state index contributed by atoms with van der Waals surface area (Å²) in [5.41, 5.74) is 6.44. The molecule has 0 bridgehead atoms. The van der Waals surface area contributed by atoms with Gasteiger partial charge in [-0.3, -0.25) is 0 Å². The summed E-state index contributed by atoms with van der Waals surface area (Å²) >= 11 is 6.10. The van der Waals surface area contributed by atoms with Crippen LogP contribution >= 0.6 is 11.6 Å². The van der Waals surface area contributed by atoms with Crippen LogP contribution in [0.4, 0.5) is 0 Å². The van der Waals surface area contributed by atoms with Crippen molar-refractivity contribution in [3.8, 4) is 5.88 Å². The number of aromatic nitrogens is 1. The number of unbranched alkanes of at least 4 members (excludes halogenated alkanes) is 4. The van der Waals surface area contributed by atoms with Gasteiger partial charge in [0.1, 0.15) is 5.02 Å². The predicted octanol–water partition coefficient (Wildman–Crippen LogP) is 3.54. The maximum atomic E-state index is 6.10. The monoisotopic (exact) mass is 256 g/mol. The number of rotatable bonds is 8. The van der Waals surface area contributed by atoms with Crippen LogP contribution in [0.3, 0.4) is 0 Å². The molecule has 1 rings (SSSR count). The van der Waals surface area contributed by atoms with Gasteiger partial charge in [0.25, 0.3) is 0 Å². The maximum Gasteiger partial charge on any atom is 0.232 e. The van der Waals surface area contributed by atoms with Crippen LogP contribution < -0.4 is 10.5 Å². The van der Waals surface area contributed by atoms with Crippen LogP contribution in [0.1, 0.15) is 44.6 Å². The Morgan fingerprint density at radius 1 is 1.29 bits per heavy atom. The molecule has 0 saturated heterocycles. The number of ether oxygens (including phenoxy) is 1. The number of pyridine rings is 1. The van der Waals surface area contributed by atoms with Crippen LogP contribution in [-0.4, -0.2) is 11.6 Å². The van der Waals surface area contributed by atoms with Gasteiger partial charge in [0.15, 0.2) is 0 Å². The molecule has 2 N–H and O–H groups in total. The summed E-state index contributed by atoms with van der Waals surface area (Å²) in [5.74, 6) is 0.505. The first kappa shape index (κ1) is 14.3. The van der Waals surface area contributed by atoms with Crippen LogP contribution in [0.2, 0.25) is 5.02 Å². The Kier molecular flexibility index (Phi) is 6.97. The van der Waals surface area contributed by atoms with E-state index in [1.807, 2.05) is 6.07 Å². The van der Waals surface area contributed by atoms with Crippen molar-refractivity contribution in [3.63, 3.8) is 0 Å². The van der Waals surface area contributed by atoms with E-state index in [0.29, 0.717) is 24.1 Å².